The number of hydrogen-bond donors (Lipinski definition) is 2. The molecule has 2 amide bonds. The summed E-state index contributed by atoms with van der Waals surface area (Å²) in [6.45, 7) is -0.602. The molecule has 1 aliphatic rings. The maximum atomic E-state index is 14.1. The van der Waals surface area contributed by atoms with Gasteiger partial charge in [-0.05, 0) is 25.5 Å². The summed E-state index contributed by atoms with van der Waals surface area (Å²) in [5.74, 6) is -6.75. The standard InChI is InChI=1S/C15H14F6N2O3/c1-6-7(11-8(16)2-3-9(17)12(11)18)4-10(22-14(25)26)13(24)23(6)5-15(19,20)21/h2-3,6-7,10,22H,4-5H2,1H3,(H,25,26)/t6-,7-,10?/m1/s1. The van der Waals surface area contributed by atoms with Crippen LogP contribution in [0.25, 0.3) is 0 Å². The summed E-state index contributed by atoms with van der Waals surface area (Å²) in [5.41, 5.74) is -0.825. The third kappa shape index (κ3) is 4.02. The van der Waals surface area contributed by atoms with E-state index in [0.29, 0.717) is 17.0 Å². The second kappa shape index (κ2) is 7.04. The van der Waals surface area contributed by atoms with Crippen molar-refractivity contribution in [1.29, 1.82) is 0 Å². The topological polar surface area (TPSA) is 69.6 Å². The van der Waals surface area contributed by atoms with Crippen LogP contribution in [0.15, 0.2) is 12.1 Å². The van der Waals surface area contributed by atoms with Crippen LogP contribution < -0.4 is 5.32 Å². The van der Waals surface area contributed by atoms with E-state index in [9.17, 15) is 35.9 Å². The number of carbonyl (C=O) groups excluding carboxylic acids is 1. The van der Waals surface area contributed by atoms with Crippen molar-refractivity contribution in [2.75, 3.05) is 6.54 Å². The lowest BCUT2D eigenvalue weighted by molar-refractivity contribution is -0.170. The van der Waals surface area contributed by atoms with Crippen LogP contribution in [0.3, 0.4) is 0 Å². The lowest BCUT2D eigenvalue weighted by Crippen LogP contribution is -2.59. The van der Waals surface area contributed by atoms with Crippen LogP contribution in [0.2, 0.25) is 0 Å². The molecule has 1 heterocycles. The van der Waals surface area contributed by atoms with Gasteiger partial charge in [0, 0.05) is 17.5 Å². The normalized spacial score (nSPS) is 23.9. The average molecular weight is 384 g/mol. The summed E-state index contributed by atoms with van der Waals surface area (Å²) in [6, 6.07) is -1.86. The molecule has 0 spiro atoms. The zero-order chi connectivity index (χ0) is 19.8. The van der Waals surface area contributed by atoms with E-state index in [1.54, 1.807) is 5.32 Å². The van der Waals surface area contributed by atoms with Gasteiger partial charge in [0.15, 0.2) is 11.6 Å². The SMILES string of the molecule is C[C@@H]1[C@H](c2c(F)ccc(F)c2F)CC(NC(=O)O)C(=O)N1CC(F)(F)F. The summed E-state index contributed by atoms with van der Waals surface area (Å²) in [5, 5.41) is 10.5. The molecule has 11 heteroatoms. The van der Waals surface area contributed by atoms with Crippen molar-refractivity contribution >= 4 is 12.0 Å². The highest BCUT2D eigenvalue weighted by atomic mass is 19.4. The maximum absolute atomic E-state index is 14.1. The highest BCUT2D eigenvalue weighted by molar-refractivity contribution is 5.86. The summed E-state index contributed by atoms with van der Waals surface area (Å²) in [7, 11) is 0. The monoisotopic (exact) mass is 384 g/mol. The predicted molar refractivity (Wildman–Crippen MR) is 75.9 cm³/mol. The summed E-state index contributed by atoms with van der Waals surface area (Å²) >= 11 is 0. The Morgan fingerprint density at radius 2 is 1.85 bits per heavy atom. The minimum Gasteiger partial charge on any atom is -0.465 e. The Bertz CT molecular complexity index is 724. The van der Waals surface area contributed by atoms with E-state index in [4.69, 9.17) is 5.11 Å². The number of hydrogen-bond acceptors (Lipinski definition) is 2. The fourth-order valence-corrected chi connectivity index (χ4v) is 3.10. The molecule has 0 bridgehead atoms. The lowest BCUT2D eigenvalue weighted by atomic mass is 9.81. The van der Waals surface area contributed by atoms with Crippen molar-refractivity contribution in [3.63, 3.8) is 0 Å². The lowest BCUT2D eigenvalue weighted by Gasteiger charge is -2.43. The number of carboxylic acid groups (broad SMARTS) is 1. The molecule has 1 unspecified atom stereocenters. The number of alkyl halides is 3. The largest absolute Gasteiger partial charge is 0.465 e. The molecule has 1 saturated heterocycles. The molecule has 0 saturated carbocycles. The van der Waals surface area contributed by atoms with Crippen molar-refractivity contribution in [2.24, 2.45) is 0 Å². The Labute approximate surface area is 143 Å². The fourth-order valence-electron chi connectivity index (χ4n) is 3.10. The van der Waals surface area contributed by atoms with Crippen LogP contribution in [0, 0.1) is 17.5 Å². The van der Waals surface area contributed by atoms with Gasteiger partial charge in [0.1, 0.15) is 18.4 Å². The van der Waals surface area contributed by atoms with Gasteiger partial charge in [-0.2, -0.15) is 13.2 Å². The summed E-state index contributed by atoms with van der Waals surface area (Å²) in [6.07, 6.45) is -7.03. The zero-order valence-electron chi connectivity index (χ0n) is 13.3. The third-order valence-corrected chi connectivity index (χ3v) is 4.24. The van der Waals surface area contributed by atoms with E-state index in [0.717, 1.165) is 6.92 Å². The Balaban J connectivity index is 2.50. The third-order valence-electron chi connectivity index (χ3n) is 4.24. The molecule has 0 aliphatic carbocycles. The molecule has 1 aromatic carbocycles. The smallest absolute Gasteiger partial charge is 0.406 e. The highest BCUT2D eigenvalue weighted by Crippen LogP contribution is 2.38. The number of likely N-dealkylation sites (tertiary alicyclic amines) is 1. The number of nitrogens with zero attached hydrogens (tertiary/aromatic N) is 1. The van der Waals surface area contributed by atoms with Crippen LogP contribution in [0.1, 0.15) is 24.8 Å². The molecular weight excluding hydrogens is 370 g/mol. The maximum Gasteiger partial charge on any atom is 0.406 e. The first-order valence-electron chi connectivity index (χ1n) is 7.42. The highest BCUT2D eigenvalue weighted by Gasteiger charge is 2.46. The molecule has 1 fully saturated rings. The van der Waals surface area contributed by atoms with Gasteiger partial charge in [-0.15, -0.1) is 0 Å². The van der Waals surface area contributed by atoms with E-state index in [2.05, 4.69) is 0 Å². The molecule has 2 rings (SSSR count). The fraction of sp³-hybridized carbons (Fsp3) is 0.467. The molecule has 1 aromatic rings. The van der Waals surface area contributed by atoms with E-state index in [1.807, 2.05) is 0 Å². The summed E-state index contributed by atoms with van der Waals surface area (Å²) < 4.78 is 80.0. The van der Waals surface area contributed by atoms with E-state index in [1.165, 1.54) is 0 Å². The summed E-state index contributed by atoms with van der Waals surface area (Å²) in [4.78, 5) is 23.3. The molecule has 0 aromatic heterocycles. The molecule has 1 aliphatic heterocycles. The Kier molecular flexibility index (Phi) is 5.38. The van der Waals surface area contributed by atoms with Crippen molar-refractivity contribution in [2.45, 2.75) is 37.5 Å². The van der Waals surface area contributed by atoms with Gasteiger partial charge in [-0.1, -0.05) is 0 Å². The number of piperidine rings is 1. The van der Waals surface area contributed by atoms with Gasteiger partial charge < -0.3 is 15.3 Å². The number of nitrogens with one attached hydrogen (secondary N) is 1. The minimum absolute atomic E-state index is 0.290. The minimum atomic E-state index is -4.82. The number of rotatable bonds is 3. The van der Waals surface area contributed by atoms with Crippen molar-refractivity contribution in [1.82, 2.24) is 10.2 Å². The molecular formula is C15H14F6N2O3. The predicted octanol–water partition coefficient (Wildman–Crippen LogP) is 3.01. The van der Waals surface area contributed by atoms with E-state index >= 15 is 0 Å². The van der Waals surface area contributed by atoms with Gasteiger partial charge in [0.25, 0.3) is 0 Å². The van der Waals surface area contributed by atoms with Crippen molar-refractivity contribution in [3.05, 3.63) is 35.1 Å². The van der Waals surface area contributed by atoms with E-state index in [-0.39, 0.29) is 0 Å². The van der Waals surface area contributed by atoms with E-state index < -0.39 is 72.2 Å². The van der Waals surface area contributed by atoms with Gasteiger partial charge in [-0.25, -0.2) is 18.0 Å². The van der Waals surface area contributed by atoms with Crippen LogP contribution in [0.5, 0.6) is 0 Å². The molecule has 3 atom stereocenters. The molecule has 2 N–H and O–H groups in total. The molecule has 26 heavy (non-hydrogen) atoms. The second-order valence-corrected chi connectivity index (χ2v) is 5.92. The molecule has 0 radical (unpaired) electrons. The van der Waals surface area contributed by atoms with Gasteiger partial charge in [0.2, 0.25) is 5.91 Å². The van der Waals surface area contributed by atoms with Crippen molar-refractivity contribution < 1.29 is 41.0 Å². The second-order valence-electron chi connectivity index (χ2n) is 5.92. The molecule has 5 nitrogen and oxygen atoms in total. The van der Waals surface area contributed by atoms with Crippen molar-refractivity contribution in [3.8, 4) is 0 Å². The van der Waals surface area contributed by atoms with Gasteiger partial charge in [0.05, 0.1) is 0 Å². The first-order chi connectivity index (χ1) is 11.9. The quantitative estimate of drug-likeness (QED) is 0.622. The Morgan fingerprint density at radius 3 is 2.38 bits per heavy atom. The average Bonchev–Trinajstić information content (AvgIpc) is 2.50. The zero-order valence-corrected chi connectivity index (χ0v) is 13.3. The Hall–Kier alpha value is -2.46. The number of halogens is 6. The number of carbonyl (C=O) groups is 2. The number of benzene rings is 1. The van der Waals surface area contributed by atoms with Gasteiger partial charge >= 0.3 is 12.3 Å². The first kappa shape index (κ1) is 19.9. The molecule has 144 valence electrons. The van der Waals surface area contributed by atoms with Crippen LogP contribution in [-0.4, -0.2) is 46.8 Å². The van der Waals surface area contributed by atoms with Crippen LogP contribution in [-0.2, 0) is 4.79 Å². The van der Waals surface area contributed by atoms with Gasteiger partial charge in [-0.3, -0.25) is 4.79 Å². The Morgan fingerprint density at radius 1 is 1.27 bits per heavy atom. The van der Waals surface area contributed by atoms with Crippen LogP contribution in [0.4, 0.5) is 31.1 Å². The van der Waals surface area contributed by atoms with Crippen LogP contribution >= 0.6 is 0 Å². The number of amides is 2. The first-order valence-corrected chi connectivity index (χ1v) is 7.42.